The molecule has 0 spiro atoms. The van der Waals surface area contributed by atoms with Crippen molar-refractivity contribution in [3.8, 4) is 6.07 Å². The zero-order valence-corrected chi connectivity index (χ0v) is 13.6. The van der Waals surface area contributed by atoms with Gasteiger partial charge in [-0.05, 0) is 18.9 Å². The van der Waals surface area contributed by atoms with Crippen molar-refractivity contribution >= 4 is 5.91 Å². The van der Waals surface area contributed by atoms with Crippen LogP contribution in [-0.2, 0) is 4.79 Å². The minimum atomic E-state index is -0.214. The van der Waals surface area contributed by atoms with Gasteiger partial charge in [-0.3, -0.25) is 9.69 Å². The minimum absolute atomic E-state index is 0.214. The van der Waals surface area contributed by atoms with E-state index in [0.717, 1.165) is 44.6 Å². The summed E-state index contributed by atoms with van der Waals surface area (Å²) in [5.74, 6) is 0.255. The fourth-order valence-corrected chi connectivity index (χ4v) is 2.83. The molecule has 1 saturated heterocycles. The van der Waals surface area contributed by atoms with Crippen LogP contribution >= 0.6 is 0 Å². The Labute approximate surface area is 133 Å². The number of carbonyl (C=O) groups excluding carboxylic acids is 1. The standard InChI is InChI=1S/C18H25N3O/c1-3-4-5-18(22)21-12-10-20(11-13-21)17(14-19)16-8-6-15(2)7-9-16/h6-9,17H,3-5,10-13H2,1-2H3. The molecule has 1 unspecified atom stereocenters. The average Bonchev–Trinajstić information content (AvgIpc) is 2.55. The monoisotopic (exact) mass is 299 g/mol. The minimum Gasteiger partial charge on any atom is -0.340 e. The van der Waals surface area contributed by atoms with E-state index < -0.39 is 0 Å². The second kappa shape index (κ2) is 7.95. The van der Waals surface area contributed by atoms with Crippen molar-refractivity contribution in [1.82, 2.24) is 9.80 Å². The lowest BCUT2D eigenvalue weighted by atomic mass is 10.0. The average molecular weight is 299 g/mol. The maximum absolute atomic E-state index is 12.1. The molecule has 0 aliphatic carbocycles. The fourth-order valence-electron chi connectivity index (χ4n) is 2.83. The lowest BCUT2D eigenvalue weighted by molar-refractivity contribution is -0.133. The van der Waals surface area contributed by atoms with E-state index in [1.54, 1.807) is 0 Å². The molecule has 0 N–H and O–H groups in total. The number of aryl methyl sites for hydroxylation is 1. The molecule has 22 heavy (non-hydrogen) atoms. The summed E-state index contributed by atoms with van der Waals surface area (Å²) >= 11 is 0. The number of carbonyl (C=O) groups is 1. The molecule has 2 rings (SSSR count). The largest absolute Gasteiger partial charge is 0.340 e. The Bertz CT molecular complexity index is 524. The Balaban J connectivity index is 1.93. The topological polar surface area (TPSA) is 47.3 Å². The van der Waals surface area contributed by atoms with Crippen LogP contribution in [-0.4, -0.2) is 41.9 Å². The van der Waals surface area contributed by atoms with E-state index in [-0.39, 0.29) is 11.9 Å². The molecule has 0 radical (unpaired) electrons. The predicted molar refractivity (Wildman–Crippen MR) is 87.2 cm³/mol. The first-order valence-corrected chi connectivity index (χ1v) is 8.13. The van der Waals surface area contributed by atoms with Gasteiger partial charge in [-0.25, -0.2) is 0 Å². The van der Waals surface area contributed by atoms with E-state index in [1.165, 1.54) is 5.56 Å². The van der Waals surface area contributed by atoms with Gasteiger partial charge in [-0.1, -0.05) is 43.2 Å². The third-order valence-electron chi connectivity index (χ3n) is 4.29. The SMILES string of the molecule is CCCCC(=O)N1CCN(C(C#N)c2ccc(C)cc2)CC1. The number of nitriles is 1. The summed E-state index contributed by atoms with van der Waals surface area (Å²) < 4.78 is 0. The molecule has 1 aromatic rings. The van der Waals surface area contributed by atoms with Crippen molar-refractivity contribution in [2.24, 2.45) is 0 Å². The van der Waals surface area contributed by atoms with Crippen LogP contribution in [0.3, 0.4) is 0 Å². The highest BCUT2D eigenvalue weighted by Gasteiger charge is 2.26. The molecule has 4 heteroatoms. The fraction of sp³-hybridized carbons (Fsp3) is 0.556. The summed E-state index contributed by atoms with van der Waals surface area (Å²) in [6.07, 6.45) is 2.66. The molecule has 1 aromatic carbocycles. The van der Waals surface area contributed by atoms with Crippen LogP contribution in [0.5, 0.6) is 0 Å². The molecular formula is C18H25N3O. The van der Waals surface area contributed by atoms with Gasteiger partial charge in [0.15, 0.2) is 0 Å². The van der Waals surface area contributed by atoms with E-state index >= 15 is 0 Å². The number of hydrogen-bond acceptors (Lipinski definition) is 3. The van der Waals surface area contributed by atoms with Crippen LogP contribution < -0.4 is 0 Å². The number of piperazine rings is 1. The maximum atomic E-state index is 12.1. The maximum Gasteiger partial charge on any atom is 0.222 e. The van der Waals surface area contributed by atoms with E-state index in [2.05, 4.69) is 17.9 Å². The second-order valence-electron chi connectivity index (χ2n) is 5.96. The van der Waals surface area contributed by atoms with Gasteiger partial charge in [0, 0.05) is 32.6 Å². The second-order valence-corrected chi connectivity index (χ2v) is 5.96. The van der Waals surface area contributed by atoms with Gasteiger partial charge < -0.3 is 4.90 Å². The Morgan fingerprint density at radius 1 is 1.23 bits per heavy atom. The first kappa shape index (κ1) is 16.5. The Morgan fingerprint density at radius 3 is 2.41 bits per heavy atom. The van der Waals surface area contributed by atoms with Gasteiger partial charge in [-0.2, -0.15) is 5.26 Å². The zero-order valence-electron chi connectivity index (χ0n) is 13.6. The lowest BCUT2D eigenvalue weighted by Gasteiger charge is -2.37. The number of benzene rings is 1. The third-order valence-corrected chi connectivity index (χ3v) is 4.29. The normalized spacial score (nSPS) is 17.0. The molecule has 1 aliphatic heterocycles. The Kier molecular flexibility index (Phi) is 5.97. The smallest absolute Gasteiger partial charge is 0.222 e. The van der Waals surface area contributed by atoms with Gasteiger partial charge in [0.05, 0.1) is 6.07 Å². The summed E-state index contributed by atoms with van der Waals surface area (Å²) in [6.45, 7) is 7.14. The summed E-state index contributed by atoms with van der Waals surface area (Å²) in [5.41, 5.74) is 2.24. The van der Waals surface area contributed by atoms with Gasteiger partial charge in [0.1, 0.15) is 6.04 Å². The summed E-state index contributed by atoms with van der Waals surface area (Å²) in [6, 6.07) is 10.3. The Hall–Kier alpha value is -1.86. The molecule has 1 aliphatic rings. The quantitative estimate of drug-likeness (QED) is 0.840. The number of nitrogens with zero attached hydrogens (tertiary/aromatic N) is 3. The highest BCUT2D eigenvalue weighted by molar-refractivity contribution is 5.76. The summed E-state index contributed by atoms with van der Waals surface area (Å²) in [7, 11) is 0. The predicted octanol–water partition coefficient (Wildman–Crippen LogP) is 2.89. The molecule has 1 amide bonds. The number of amides is 1. The van der Waals surface area contributed by atoms with Crippen molar-refractivity contribution in [3.05, 3.63) is 35.4 Å². The van der Waals surface area contributed by atoms with Gasteiger partial charge in [0.25, 0.3) is 0 Å². The van der Waals surface area contributed by atoms with E-state index in [9.17, 15) is 10.1 Å². The molecule has 1 atom stereocenters. The van der Waals surface area contributed by atoms with Crippen molar-refractivity contribution < 1.29 is 4.79 Å². The molecule has 0 saturated carbocycles. The highest BCUT2D eigenvalue weighted by atomic mass is 16.2. The van der Waals surface area contributed by atoms with Crippen LogP contribution in [0.1, 0.15) is 43.4 Å². The molecule has 0 bridgehead atoms. The van der Waals surface area contributed by atoms with Crippen LogP contribution in [0, 0.1) is 18.3 Å². The van der Waals surface area contributed by atoms with Crippen molar-refractivity contribution in [1.29, 1.82) is 5.26 Å². The summed E-state index contributed by atoms with van der Waals surface area (Å²) in [4.78, 5) is 16.2. The van der Waals surface area contributed by atoms with E-state index in [4.69, 9.17) is 0 Å². The lowest BCUT2D eigenvalue weighted by Crippen LogP contribution is -2.49. The first-order chi connectivity index (χ1) is 10.7. The Morgan fingerprint density at radius 2 is 1.86 bits per heavy atom. The molecule has 4 nitrogen and oxygen atoms in total. The zero-order chi connectivity index (χ0) is 15.9. The van der Waals surface area contributed by atoms with Gasteiger partial charge in [-0.15, -0.1) is 0 Å². The number of rotatable bonds is 5. The van der Waals surface area contributed by atoms with Crippen molar-refractivity contribution in [3.63, 3.8) is 0 Å². The van der Waals surface area contributed by atoms with E-state index in [0.29, 0.717) is 6.42 Å². The number of unbranched alkanes of at least 4 members (excludes halogenated alkanes) is 1. The molecule has 0 aromatic heterocycles. The summed E-state index contributed by atoms with van der Waals surface area (Å²) in [5, 5.41) is 9.52. The van der Waals surface area contributed by atoms with Gasteiger partial charge in [0.2, 0.25) is 5.91 Å². The van der Waals surface area contributed by atoms with Gasteiger partial charge >= 0.3 is 0 Å². The molecular weight excluding hydrogens is 274 g/mol. The van der Waals surface area contributed by atoms with Crippen molar-refractivity contribution in [2.75, 3.05) is 26.2 Å². The molecule has 118 valence electrons. The van der Waals surface area contributed by atoms with Crippen LogP contribution in [0.25, 0.3) is 0 Å². The third kappa shape index (κ3) is 4.08. The number of hydrogen-bond donors (Lipinski definition) is 0. The van der Waals surface area contributed by atoms with Crippen molar-refractivity contribution in [2.45, 2.75) is 39.2 Å². The molecule has 1 fully saturated rings. The van der Waals surface area contributed by atoms with Crippen LogP contribution in [0.2, 0.25) is 0 Å². The first-order valence-electron chi connectivity index (χ1n) is 8.13. The van der Waals surface area contributed by atoms with E-state index in [1.807, 2.05) is 36.1 Å². The van der Waals surface area contributed by atoms with Crippen LogP contribution in [0.4, 0.5) is 0 Å². The molecule has 1 heterocycles. The highest BCUT2D eigenvalue weighted by Crippen LogP contribution is 2.22. The van der Waals surface area contributed by atoms with Crippen LogP contribution in [0.15, 0.2) is 24.3 Å².